The number of carboxylic acid groups (broad SMARTS) is 1. The molecule has 0 saturated carbocycles. The van der Waals surface area contributed by atoms with Crippen LogP contribution >= 0.6 is 0 Å². The predicted octanol–water partition coefficient (Wildman–Crippen LogP) is -0.634. The van der Waals surface area contributed by atoms with E-state index < -0.39 is 5.97 Å². The average molecular weight is 208 g/mol. The zero-order valence-corrected chi connectivity index (χ0v) is 7.70. The van der Waals surface area contributed by atoms with Crippen LogP contribution in [0, 0.1) is 0 Å². The molecule has 0 bridgehead atoms. The van der Waals surface area contributed by atoms with Gasteiger partial charge in [-0.05, 0) is 0 Å². The molecule has 2 heterocycles. The maximum atomic E-state index is 11.6. The molecule has 78 valence electrons. The zero-order valence-electron chi connectivity index (χ0n) is 7.70. The van der Waals surface area contributed by atoms with Crippen molar-refractivity contribution in [3.8, 4) is 0 Å². The fourth-order valence-electron chi connectivity index (χ4n) is 1.25. The van der Waals surface area contributed by atoms with Gasteiger partial charge >= 0.3 is 5.97 Å². The van der Waals surface area contributed by atoms with Gasteiger partial charge in [0.1, 0.15) is 6.33 Å². The Balaban J connectivity index is 2.40. The van der Waals surface area contributed by atoms with Crippen LogP contribution in [-0.2, 0) is 11.3 Å². The Morgan fingerprint density at radius 1 is 1.47 bits per heavy atom. The van der Waals surface area contributed by atoms with E-state index in [1.165, 1.54) is 21.5 Å². The number of carbonyl (C=O) groups is 1. The van der Waals surface area contributed by atoms with Crippen molar-refractivity contribution in [2.75, 3.05) is 0 Å². The number of carboxylic acids is 1. The van der Waals surface area contributed by atoms with E-state index in [9.17, 15) is 9.59 Å². The summed E-state index contributed by atoms with van der Waals surface area (Å²) in [5.74, 6) is -0.941. The third-order valence-corrected chi connectivity index (χ3v) is 2.00. The summed E-state index contributed by atoms with van der Waals surface area (Å²) in [6.07, 6.45) is 4.45. The molecule has 0 radical (unpaired) electrons. The minimum atomic E-state index is -0.941. The van der Waals surface area contributed by atoms with Crippen molar-refractivity contribution in [1.82, 2.24) is 19.2 Å². The number of aryl methyl sites for hydroxylation is 1. The minimum absolute atomic E-state index is 0.0930. The van der Waals surface area contributed by atoms with Gasteiger partial charge in [-0.25, -0.2) is 0 Å². The lowest BCUT2D eigenvalue weighted by atomic mass is 10.4. The van der Waals surface area contributed by atoms with Crippen LogP contribution in [0.4, 0.5) is 0 Å². The highest BCUT2D eigenvalue weighted by molar-refractivity contribution is 5.66. The SMILES string of the molecule is O=C(O)CCn1ccn2cnnc2c1=O. The highest BCUT2D eigenvalue weighted by Crippen LogP contribution is 1.92. The van der Waals surface area contributed by atoms with Crippen LogP contribution in [0.2, 0.25) is 0 Å². The van der Waals surface area contributed by atoms with E-state index >= 15 is 0 Å². The molecule has 15 heavy (non-hydrogen) atoms. The third kappa shape index (κ3) is 1.71. The molecule has 0 aromatic carbocycles. The number of aromatic nitrogens is 4. The molecule has 0 aliphatic rings. The molecule has 7 heteroatoms. The number of rotatable bonds is 3. The molecule has 0 unspecified atom stereocenters. The second-order valence-corrected chi connectivity index (χ2v) is 3.00. The van der Waals surface area contributed by atoms with Crippen LogP contribution < -0.4 is 5.56 Å². The summed E-state index contributed by atoms with van der Waals surface area (Å²) in [5, 5.41) is 15.7. The molecule has 0 fully saturated rings. The maximum Gasteiger partial charge on any atom is 0.305 e. The van der Waals surface area contributed by atoms with Crippen LogP contribution in [-0.4, -0.2) is 30.2 Å². The largest absolute Gasteiger partial charge is 0.481 e. The van der Waals surface area contributed by atoms with Crippen LogP contribution in [0.5, 0.6) is 0 Å². The van der Waals surface area contributed by atoms with E-state index in [1.54, 1.807) is 6.20 Å². The van der Waals surface area contributed by atoms with Crippen molar-refractivity contribution >= 4 is 11.6 Å². The van der Waals surface area contributed by atoms with Gasteiger partial charge in [-0.1, -0.05) is 0 Å². The van der Waals surface area contributed by atoms with Gasteiger partial charge in [0, 0.05) is 18.9 Å². The molecule has 0 atom stereocenters. The molecular formula is C8H8N4O3. The Hall–Kier alpha value is -2.18. The van der Waals surface area contributed by atoms with Crippen molar-refractivity contribution in [3.05, 3.63) is 29.1 Å². The quantitative estimate of drug-likeness (QED) is 0.725. The first-order chi connectivity index (χ1) is 7.18. The molecule has 0 amide bonds. The Morgan fingerprint density at radius 2 is 2.27 bits per heavy atom. The fourth-order valence-corrected chi connectivity index (χ4v) is 1.25. The predicted molar refractivity (Wildman–Crippen MR) is 49.5 cm³/mol. The summed E-state index contributed by atoms with van der Waals surface area (Å²) in [6, 6.07) is 0. The van der Waals surface area contributed by atoms with Gasteiger partial charge < -0.3 is 9.67 Å². The average Bonchev–Trinajstić information content (AvgIpc) is 2.65. The normalized spacial score (nSPS) is 10.7. The molecule has 2 rings (SSSR count). The van der Waals surface area contributed by atoms with Gasteiger partial charge in [0.15, 0.2) is 0 Å². The summed E-state index contributed by atoms with van der Waals surface area (Å²) >= 11 is 0. The number of fused-ring (bicyclic) bond motifs is 1. The molecule has 0 aliphatic carbocycles. The number of hydrogen-bond acceptors (Lipinski definition) is 4. The lowest BCUT2D eigenvalue weighted by Gasteiger charge is -2.02. The van der Waals surface area contributed by atoms with Gasteiger partial charge in [0.05, 0.1) is 6.42 Å². The third-order valence-electron chi connectivity index (χ3n) is 2.00. The van der Waals surface area contributed by atoms with E-state index in [2.05, 4.69) is 10.2 Å². The van der Waals surface area contributed by atoms with Gasteiger partial charge in [-0.3, -0.25) is 14.0 Å². The first kappa shape index (κ1) is 9.38. The molecule has 7 nitrogen and oxygen atoms in total. The van der Waals surface area contributed by atoms with E-state index in [-0.39, 0.29) is 24.2 Å². The van der Waals surface area contributed by atoms with Crippen LogP contribution in [0.3, 0.4) is 0 Å². The molecule has 2 aromatic rings. The van der Waals surface area contributed by atoms with E-state index in [4.69, 9.17) is 5.11 Å². The van der Waals surface area contributed by atoms with E-state index in [1.807, 2.05) is 0 Å². The highest BCUT2D eigenvalue weighted by atomic mass is 16.4. The molecule has 0 aliphatic heterocycles. The monoisotopic (exact) mass is 208 g/mol. The lowest BCUT2D eigenvalue weighted by Crippen LogP contribution is -2.22. The van der Waals surface area contributed by atoms with Crippen LogP contribution in [0.25, 0.3) is 5.65 Å². The molecule has 0 spiro atoms. The number of nitrogens with zero attached hydrogens (tertiary/aromatic N) is 4. The number of aliphatic carboxylic acids is 1. The van der Waals surface area contributed by atoms with Crippen molar-refractivity contribution in [3.63, 3.8) is 0 Å². The Kier molecular flexibility index (Phi) is 2.20. The summed E-state index contributed by atoms with van der Waals surface area (Å²) in [4.78, 5) is 22.0. The summed E-state index contributed by atoms with van der Waals surface area (Å²) in [5.41, 5.74) is -0.140. The molecule has 2 aromatic heterocycles. The van der Waals surface area contributed by atoms with Crippen molar-refractivity contribution in [2.24, 2.45) is 0 Å². The topological polar surface area (TPSA) is 89.5 Å². The summed E-state index contributed by atoms with van der Waals surface area (Å²) < 4.78 is 2.79. The lowest BCUT2D eigenvalue weighted by molar-refractivity contribution is -0.137. The second kappa shape index (κ2) is 3.52. The zero-order chi connectivity index (χ0) is 10.8. The van der Waals surface area contributed by atoms with Crippen molar-refractivity contribution in [1.29, 1.82) is 0 Å². The van der Waals surface area contributed by atoms with Crippen molar-refractivity contribution < 1.29 is 9.90 Å². The van der Waals surface area contributed by atoms with Gasteiger partial charge in [0.2, 0.25) is 5.65 Å². The van der Waals surface area contributed by atoms with Crippen LogP contribution in [0.15, 0.2) is 23.5 Å². The maximum absolute atomic E-state index is 11.6. The summed E-state index contributed by atoms with van der Waals surface area (Å²) in [6.45, 7) is 0.136. The fraction of sp³-hybridized carbons (Fsp3) is 0.250. The Labute approximate surface area is 83.6 Å². The Morgan fingerprint density at radius 3 is 3.00 bits per heavy atom. The Bertz CT molecular complexity index is 556. The van der Waals surface area contributed by atoms with Crippen molar-refractivity contribution in [2.45, 2.75) is 13.0 Å². The van der Waals surface area contributed by atoms with Crippen LogP contribution in [0.1, 0.15) is 6.42 Å². The molecule has 1 N–H and O–H groups in total. The second-order valence-electron chi connectivity index (χ2n) is 3.00. The first-order valence-corrected chi connectivity index (χ1v) is 4.29. The first-order valence-electron chi connectivity index (χ1n) is 4.29. The van der Waals surface area contributed by atoms with E-state index in [0.717, 1.165) is 0 Å². The van der Waals surface area contributed by atoms with Gasteiger partial charge in [-0.2, -0.15) is 0 Å². The van der Waals surface area contributed by atoms with E-state index in [0.29, 0.717) is 0 Å². The highest BCUT2D eigenvalue weighted by Gasteiger charge is 2.05. The standard InChI is InChI=1S/C8H8N4O3/c13-6(14)1-2-11-3-4-12-5-9-10-7(12)8(11)15/h3-5H,1-2H2,(H,13,14). The molecule has 0 saturated heterocycles. The van der Waals surface area contributed by atoms with Gasteiger partial charge in [0.25, 0.3) is 5.56 Å². The number of hydrogen-bond donors (Lipinski definition) is 1. The smallest absolute Gasteiger partial charge is 0.305 e. The minimum Gasteiger partial charge on any atom is -0.481 e. The summed E-state index contributed by atoms with van der Waals surface area (Å²) in [7, 11) is 0. The molecular weight excluding hydrogens is 200 g/mol. The van der Waals surface area contributed by atoms with Gasteiger partial charge in [-0.15, -0.1) is 10.2 Å².